The van der Waals surface area contributed by atoms with E-state index < -0.39 is 0 Å². The zero-order chi connectivity index (χ0) is 17.0. The molecule has 0 saturated heterocycles. The topological polar surface area (TPSA) is 53.6 Å². The van der Waals surface area contributed by atoms with Crippen LogP contribution in [0.1, 0.15) is 0 Å². The number of phenolic OH excluding ortho intramolecular Hbond substituents is 2. The van der Waals surface area contributed by atoms with Gasteiger partial charge in [-0.2, -0.15) is 0 Å². The molecule has 3 nitrogen and oxygen atoms in total. The van der Waals surface area contributed by atoms with E-state index in [1.807, 2.05) is 42.5 Å². The van der Waals surface area contributed by atoms with Gasteiger partial charge in [-0.05, 0) is 40.4 Å². The Hall–Kier alpha value is -3.46. The molecule has 120 valence electrons. The van der Waals surface area contributed by atoms with Crippen molar-refractivity contribution in [3.05, 3.63) is 73.0 Å². The molecule has 0 aliphatic heterocycles. The van der Waals surface area contributed by atoms with Gasteiger partial charge in [0.2, 0.25) is 0 Å². The van der Waals surface area contributed by atoms with Crippen molar-refractivity contribution in [3.63, 3.8) is 0 Å². The number of fused-ring (bicyclic) bond motifs is 6. The Labute approximate surface area is 143 Å². The summed E-state index contributed by atoms with van der Waals surface area (Å²) >= 11 is 0. The van der Waals surface area contributed by atoms with Crippen molar-refractivity contribution in [2.24, 2.45) is 0 Å². The molecule has 5 rings (SSSR count). The predicted molar refractivity (Wildman–Crippen MR) is 100.0 cm³/mol. The zero-order valence-electron chi connectivity index (χ0n) is 13.2. The summed E-state index contributed by atoms with van der Waals surface area (Å²) in [5.41, 5.74) is 2.36. The summed E-state index contributed by atoms with van der Waals surface area (Å²) in [7, 11) is 0. The van der Waals surface area contributed by atoms with Crippen LogP contribution in [-0.2, 0) is 0 Å². The fraction of sp³-hybridized carbons (Fsp3) is 0. The minimum atomic E-state index is 0.222. The monoisotopic (exact) mass is 326 g/mol. The first kappa shape index (κ1) is 13.9. The number of hydrogen-bond donors (Lipinski definition) is 2. The minimum Gasteiger partial charge on any atom is -0.508 e. The van der Waals surface area contributed by atoms with Crippen LogP contribution >= 0.6 is 0 Å². The first-order valence-corrected chi connectivity index (χ1v) is 8.07. The molecule has 0 spiro atoms. The molecule has 0 atom stereocenters. The number of phenols is 2. The van der Waals surface area contributed by atoms with Gasteiger partial charge in [-0.3, -0.25) is 0 Å². The lowest BCUT2D eigenvalue weighted by Gasteiger charge is -2.08. The molecule has 1 heterocycles. The second-order valence-electron chi connectivity index (χ2n) is 6.15. The van der Waals surface area contributed by atoms with Gasteiger partial charge < -0.3 is 14.6 Å². The van der Waals surface area contributed by atoms with E-state index in [4.69, 9.17) is 4.42 Å². The van der Waals surface area contributed by atoms with Gasteiger partial charge in [-0.15, -0.1) is 0 Å². The van der Waals surface area contributed by atoms with Crippen LogP contribution in [0, 0.1) is 0 Å². The Morgan fingerprint density at radius 2 is 1.40 bits per heavy atom. The molecule has 0 fully saturated rings. The van der Waals surface area contributed by atoms with Crippen LogP contribution in [0.4, 0.5) is 0 Å². The summed E-state index contributed by atoms with van der Waals surface area (Å²) in [6, 6.07) is 20.6. The zero-order valence-corrected chi connectivity index (χ0v) is 13.2. The van der Waals surface area contributed by atoms with Crippen molar-refractivity contribution < 1.29 is 14.6 Å². The fourth-order valence-corrected chi connectivity index (χ4v) is 3.61. The highest BCUT2D eigenvalue weighted by molar-refractivity contribution is 6.27. The Morgan fingerprint density at radius 1 is 0.640 bits per heavy atom. The number of para-hydroxylation sites is 1. The second kappa shape index (κ2) is 5.02. The van der Waals surface area contributed by atoms with Crippen LogP contribution in [0.15, 0.2) is 77.4 Å². The summed E-state index contributed by atoms with van der Waals surface area (Å²) in [6.07, 6.45) is 1.69. The van der Waals surface area contributed by atoms with Crippen LogP contribution < -0.4 is 0 Å². The third-order valence-electron chi connectivity index (χ3n) is 4.72. The van der Waals surface area contributed by atoms with E-state index >= 15 is 0 Å². The average Bonchev–Trinajstić information content (AvgIpc) is 3.07. The number of rotatable bonds is 1. The molecule has 25 heavy (non-hydrogen) atoms. The van der Waals surface area contributed by atoms with Gasteiger partial charge in [0, 0.05) is 21.9 Å². The van der Waals surface area contributed by atoms with Crippen LogP contribution in [0.2, 0.25) is 0 Å². The maximum atomic E-state index is 10.3. The second-order valence-corrected chi connectivity index (χ2v) is 6.15. The quantitative estimate of drug-likeness (QED) is 0.382. The van der Waals surface area contributed by atoms with Crippen molar-refractivity contribution in [2.45, 2.75) is 0 Å². The van der Waals surface area contributed by atoms with E-state index in [0.29, 0.717) is 0 Å². The molecule has 2 N–H and O–H groups in total. The molecule has 0 amide bonds. The molecular weight excluding hydrogens is 312 g/mol. The largest absolute Gasteiger partial charge is 0.508 e. The van der Waals surface area contributed by atoms with Gasteiger partial charge in [0.25, 0.3) is 0 Å². The first-order chi connectivity index (χ1) is 12.2. The molecule has 3 heteroatoms. The average molecular weight is 326 g/mol. The molecule has 1 aromatic heterocycles. The van der Waals surface area contributed by atoms with Crippen molar-refractivity contribution in [1.29, 1.82) is 0 Å². The Bertz CT molecular complexity index is 1260. The Balaban J connectivity index is 2.04. The van der Waals surface area contributed by atoms with Gasteiger partial charge in [0.05, 0.1) is 6.26 Å². The van der Waals surface area contributed by atoms with E-state index in [2.05, 4.69) is 0 Å². The highest BCUT2D eigenvalue weighted by atomic mass is 16.3. The minimum absolute atomic E-state index is 0.222. The summed E-state index contributed by atoms with van der Waals surface area (Å²) in [4.78, 5) is 0. The van der Waals surface area contributed by atoms with Crippen LogP contribution in [0.25, 0.3) is 43.6 Å². The summed E-state index contributed by atoms with van der Waals surface area (Å²) in [6.45, 7) is 0. The summed E-state index contributed by atoms with van der Waals surface area (Å²) < 4.78 is 5.93. The number of furan rings is 1. The standard InChI is InChI=1S/C22H14O3/c23-13-9-10-17-18(11-13)14-5-1-2-7-16(14)21-19(12-25-22(17)21)15-6-3-4-8-20(15)24/h1-12,23-24H. The Kier molecular flexibility index (Phi) is 2.80. The van der Waals surface area contributed by atoms with Crippen molar-refractivity contribution >= 4 is 32.5 Å². The van der Waals surface area contributed by atoms with Gasteiger partial charge in [-0.25, -0.2) is 0 Å². The maximum Gasteiger partial charge on any atom is 0.142 e. The summed E-state index contributed by atoms with van der Waals surface area (Å²) in [5, 5.41) is 25.1. The van der Waals surface area contributed by atoms with E-state index in [9.17, 15) is 10.2 Å². The molecule has 4 aromatic carbocycles. The molecule has 0 radical (unpaired) electrons. The number of benzene rings is 4. The van der Waals surface area contributed by atoms with Crippen molar-refractivity contribution in [2.75, 3.05) is 0 Å². The van der Waals surface area contributed by atoms with Crippen molar-refractivity contribution in [3.8, 4) is 22.6 Å². The van der Waals surface area contributed by atoms with E-state index in [0.717, 1.165) is 43.6 Å². The van der Waals surface area contributed by atoms with E-state index in [1.54, 1.807) is 30.5 Å². The molecule has 0 aliphatic carbocycles. The Morgan fingerprint density at radius 3 is 2.24 bits per heavy atom. The molecular formula is C22H14O3. The fourth-order valence-electron chi connectivity index (χ4n) is 3.61. The highest BCUT2D eigenvalue weighted by Gasteiger charge is 2.18. The predicted octanol–water partition coefficient (Wildman–Crippen LogP) is 5.82. The summed E-state index contributed by atoms with van der Waals surface area (Å²) in [5.74, 6) is 0.449. The number of hydrogen-bond acceptors (Lipinski definition) is 3. The van der Waals surface area contributed by atoms with Gasteiger partial charge >= 0.3 is 0 Å². The van der Waals surface area contributed by atoms with Gasteiger partial charge in [0.15, 0.2) is 0 Å². The van der Waals surface area contributed by atoms with Crippen LogP contribution in [0.3, 0.4) is 0 Å². The number of aromatic hydroxyl groups is 2. The van der Waals surface area contributed by atoms with E-state index in [-0.39, 0.29) is 11.5 Å². The molecule has 0 unspecified atom stereocenters. The van der Waals surface area contributed by atoms with Crippen LogP contribution in [-0.4, -0.2) is 10.2 Å². The first-order valence-electron chi connectivity index (χ1n) is 8.07. The molecule has 0 saturated carbocycles. The third kappa shape index (κ3) is 1.93. The van der Waals surface area contributed by atoms with Crippen molar-refractivity contribution in [1.82, 2.24) is 0 Å². The highest BCUT2D eigenvalue weighted by Crippen LogP contribution is 2.43. The molecule has 5 aromatic rings. The van der Waals surface area contributed by atoms with Gasteiger partial charge in [-0.1, -0.05) is 42.5 Å². The van der Waals surface area contributed by atoms with Gasteiger partial charge in [0.1, 0.15) is 17.1 Å². The maximum absolute atomic E-state index is 10.3. The smallest absolute Gasteiger partial charge is 0.142 e. The lowest BCUT2D eigenvalue weighted by atomic mass is 9.94. The molecule has 0 aliphatic rings. The lowest BCUT2D eigenvalue weighted by molar-refractivity contribution is 0.476. The SMILES string of the molecule is Oc1ccc2c(c1)c1ccccc1c1c(-c3ccccc3O)coc21. The van der Waals surface area contributed by atoms with E-state index in [1.165, 1.54) is 0 Å². The lowest BCUT2D eigenvalue weighted by Crippen LogP contribution is -1.82. The molecule has 0 bridgehead atoms. The van der Waals surface area contributed by atoms with Crippen LogP contribution in [0.5, 0.6) is 11.5 Å². The third-order valence-corrected chi connectivity index (χ3v) is 4.72. The normalized spacial score (nSPS) is 11.5.